The van der Waals surface area contributed by atoms with Crippen molar-refractivity contribution in [1.29, 1.82) is 0 Å². The molecule has 0 N–H and O–H groups in total. The molecule has 0 bridgehead atoms. The Labute approximate surface area is 72.0 Å². The Hall–Kier alpha value is -1.70. The van der Waals surface area contributed by atoms with Crippen molar-refractivity contribution in [1.82, 2.24) is 4.98 Å². The molecule has 0 fully saturated rings. The monoisotopic (exact) mass is 158 g/mol. The normalized spacial score (nSPS) is 10.0. The van der Waals surface area contributed by atoms with Gasteiger partial charge in [-0.15, -0.1) is 0 Å². The number of hydrogen-bond donors (Lipinski definition) is 0. The van der Waals surface area contributed by atoms with Crippen molar-refractivity contribution < 1.29 is 0 Å². The van der Waals surface area contributed by atoms with Crippen molar-refractivity contribution >= 4 is 12.3 Å². The van der Waals surface area contributed by atoms with Crippen molar-refractivity contribution in [3.05, 3.63) is 48.9 Å². The second kappa shape index (κ2) is 4.23. The van der Waals surface area contributed by atoms with Gasteiger partial charge >= 0.3 is 0 Å². The van der Waals surface area contributed by atoms with Gasteiger partial charge in [-0.3, -0.25) is 9.98 Å². The number of nitrogens with zero attached hydrogens (tertiary/aromatic N) is 2. The highest BCUT2D eigenvalue weighted by molar-refractivity contribution is 5.85. The van der Waals surface area contributed by atoms with E-state index in [1.54, 1.807) is 24.7 Å². The number of pyridine rings is 1. The van der Waals surface area contributed by atoms with E-state index in [2.05, 4.69) is 23.1 Å². The molecule has 0 unspecified atom stereocenters. The van der Waals surface area contributed by atoms with Crippen LogP contribution in [0.2, 0.25) is 0 Å². The fraction of sp³-hybridized carbons (Fsp3) is 0. The van der Waals surface area contributed by atoms with Crippen molar-refractivity contribution in [2.75, 3.05) is 0 Å². The van der Waals surface area contributed by atoms with E-state index in [1.807, 2.05) is 6.07 Å². The van der Waals surface area contributed by atoms with E-state index in [0.717, 1.165) is 11.1 Å². The predicted molar refractivity (Wildman–Crippen MR) is 52.1 cm³/mol. The molecular formula is C10H10N2. The molecule has 60 valence electrons. The topological polar surface area (TPSA) is 25.2 Å². The zero-order chi connectivity index (χ0) is 8.81. The van der Waals surface area contributed by atoms with Gasteiger partial charge in [0.05, 0.1) is 0 Å². The lowest BCUT2D eigenvalue weighted by Crippen LogP contribution is -1.86. The maximum atomic E-state index is 3.97. The number of hydrogen-bond acceptors (Lipinski definition) is 2. The molecule has 1 aromatic rings. The molecule has 0 aliphatic rings. The van der Waals surface area contributed by atoms with Crippen LogP contribution in [-0.2, 0) is 0 Å². The number of aliphatic imine (C=N–C) groups is 1. The van der Waals surface area contributed by atoms with Crippen molar-refractivity contribution in [3.63, 3.8) is 0 Å². The van der Waals surface area contributed by atoms with E-state index in [9.17, 15) is 0 Å². The smallest absolute Gasteiger partial charge is 0.0347 e. The summed E-state index contributed by atoms with van der Waals surface area (Å²) in [6.45, 7) is 7.16. The van der Waals surface area contributed by atoms with E-state index in [1.165, 1.54) is 6.20 Å². The van der Waals surface area contributed by atoms with Gasteiger partial charge in [0.2, 0.25) is 0 Å². The Morgan fingerprint density at radius 1 is 1.33 bits per heavy atom. The summed E-state index contributed by atoms with van der Waals surface area (Å²) in [6, 6.07) is 1.88. The summed E-state index contributed by atoms with van der Waals surface area (Å²) in [7, 11) is 0. The molecule has 0 saturated heterocycles. The lowest BCUT2D eigenvalue weighted by atomic mass is 10.1. The highest BCUT2D eigenvalue weighted by Gasteiger charge is 1.92. The lowest BCUT2D eigenvalue weighted by molar-refractivity contribution is 1.31. The first-order chi connectivity index (χ1) is 5.88. The summed E-state index contributed by atoms with van der Waals surface area (Å²) >= 11 is 0. The Bertz CT molecular complexity index is 313. The van der Waals surface area contributed by atoms with Crippen LogP contribution in [0, 0.1) is 0 Å². The Morgan fingerprint density at radius 2 is 2.17 bits per heavy atom. The van der Waals surface area contributed by atoms with Gasteiger partial charge in [0.1, 0.15) is 0 Å². The summed E-state index contributed by atoms with van der Waals surface area (Å²) in [5.41, 5.74) is 1.98. The third-order valence-corrected chi connectivity index (χ3v) is 1.43. The quantitative estimate of drug-likeness (QED) is 0.619. The first kappa shape index (κ1) is 8.40. The molecule has 1 aromatic heterocycles. The van der Waals surface area contributed by atoms with E-state index >= 15 is 0 Å². The molecule has 0 amide bonds. The molecule has 0 aromatic carbocycles. The zero-order valence-corrected chi connectivity index (χ0v) is 6.77. The number of aromatic nitrogens is 1. The molecule has 0 saturated carbocycles. The predicted octanol–water partition coefficient (Wildman–Crippen LogP) is 2.29. The molecule has 2 nitrogen and oxygen atoms in total. The van der Waals surface area contributed by atoms with Gasteiger partial charge in [0, 0.05) is 35.9 Å². The molecule has 1 heterocycles. The van der Waals surface area contributed by atoms with Crippen LogP contribution in [-0.4, -0.2) is 11.2 Å². The molecule has 1 rings (SSSR count). The van der Waals surface area contributed by atoms with Gasteiger partial charge in [-0.2, -0.15) is 0 Å². The van der Waals surface area contributed by atoms with Crippen LogP contribution in [0.25, 0.3) is 6.08 Å². The van der Waals surface area contributed by atoms with Gasteiger partial charge in [-0.1, -0.05) is 19.2 Å². The fourth-order valence-corrected chi connectivity index (χ4v) is 0.839. The van der Waals surface area contributed by atoms with Gasteiger partial charge in [-0.05, 0) is 6.07 Å². The minimum atomic E-state index is 0.975. The highest BCUT2D eigenvalue weighted by Crippen LogP contribution is 2.04. The van der Waals surface area contributed by atoms with Crippen molar-refractivity contribution in [3.8, 4) is 0 Å². The molecule has 12 heavy (non-hydrogen) atoms. The fourth-order valence-electron chi connectivity index (χ4n) is 0.839. The summed E-state index contributed by atoms with van der Waals surface area (Å²) < 4.78 is 0. The second-order valence-corrected chi connectivity index (χ2v) is 2.17. The largest absolute Gasteiger partial charge is 0.265 e. The average Bonchev–Trinajstić information content (AvgIpc) is 2.15. The Morgan fingerprint density at radius 3 is 2.83 bits per heavy atom. The van der Waals surface area contributed by atoms with Crippen LogP contribution in [0.4, 0.5) is 0 Å². The van der Waals surface area contributed by atoms with Gasteiger partial charge in [-0.25, -0.2) is 0 Å². The van der Waals surface area contributed by atoms with E-state index in [4.69, 9.17) is 0 Å². The van der Waals surface area contributed by atoms with Crippen molar-refractivity contribution in [2.24, 2.45) is 4.99 Å². The van der Waals surface area contributed by atoms with Gasteiger partial charge in [0.15, 0.2) is 0 Å². The molecule has 0 aliphatic heterocycles. The van der Waals surface area contributed by atoms with Gasteiger partial charge in [0.25, 0.3) is 0 Å². The first-order valence-electron chi connectivity index (χ1n) is 3.59. The van der Waals surface area contributed by atoms with E-state index in [-0.39, 0.29) is 0 Å². The zero-order valence-electron chi connectivity index (χ0n) is 6.77. The van der Waals surface area contributed by atoms with Crippen LogP contribution in [0.3, 0.4) is 0 Å². The third kappa shape index (κ3) is 1.89. The third-order valence-electron chi connectivity index (χ3n) is 1.43. The highest BCUT2D eigenvalue weighted by atomic mass is 14.7. The first-order valence-corrected chi connectivity index (χ1v) is 3.59. The standard InChI is InChI=1S/C10H10N2/c1-3-9-7-12-6-5-10(9)8-11-4-2/h3-8H,1-2H2/b11-8-. The van der Waals surface area contributed by atoms with Gasteiger partial charge < -0.3 is 0 Å². The molecule has 0 aliphatic carbocycles. The van der Waals surface area contributed by atoms with Crippen molar-refractivity contribution in [2.45, 2.75) is 0 Å². The van der Waals surface area contributed by atoms with E-state index in [0.29, 0.717) is 0 Å². The summed E-state index contributed by atoms with van der Waals surface area (Å²) in [4.78, 5) is 7.88. The summed E-state index contributed by atoms with van der Waals surface area (Å²) in [5.74, 6) is 0. The number of rotatable bonds is 3. The molecular weight excluding hydrogens is 148 g/mol. The molecule has 0 radical (unpaired) electrons. The SMILES string of the molecule is C=C/N=C\c1ccncc1C=C. The molecule has 0 spiro atoms. The Balaban J connectivity index is 3.04. The minimum Gasteiger partial charge on any atom is -0.265 e. The summed E-state index contributed by atoms with van der Waals surface area (Å²) in [6.07, 6.45) is 8.44. The Kier molecular flexibility index (Phi) is 2.96. The summed E-state index contributed by atoms with van der Waals surface area (Å²) in [5, 5.41) is 0. The second-order valence-electron chi connectivity index (χ2n) is 2.17. The maximum Gasteiger partial charge on any atom is 0.0347 e. The van der Waals surface area contributed by atoms with Crippen LogP contribution < -0.4 is 0 Å². The minimum absolute atomic E-state index is 0.975. The molecule has 0 atom stereocenters. The maximum absolute atomic E-state index is 3.97. The van der Waals surface area contributed by atoms with Crippen LogP contribution in [0.5, 0.6) is 0 Å². The van der Waals surface area contributed by atoms with Crippen LogP contribution >= 0.6 is 0 Å². The lowest BCUT2D eigenvalue weighted by Gasteiger charge is -1.96. The van der Waals surface area contributed by atoms with Crippen LogP contribution in [0.15, 0.2) is 42.8 Å². The average molecular weight is 158 g/mol. The van der Waals surface area contributed by atoms with E-state index < -0.39 is 0 Å². The molecule has 2 heteroatoms. The van der Waals surface area contributed by atoms with Crippen LogP contribution in [0.1, 0.15) is 11.1 Å².